The molecule has 0 unspecified atom stereocenters. The minimum atomic E-state index is -1.14. The lowest BCUT2D eigenvalue weighted by Gasteiger charge is -2.09. The standard InChI is InChI=1S/C14H13N3O6/c1-23-12(18)9-16-13(19)11(17(21)22)8-15(14(16)20)7-10-5-3-2-4-6-10/h2-6,8H,7,9H2,1H3. The summed E-state index contributed by atoms with van der Waals surface area (Å²) in [6.45, 7) is -0.660. The van der Waals surface area contributed by atoms with E-state index in [0.717, 1.165) is 17.9 Å². The van der Waals surface area contributed by atoms with Crippen molar-refractivity contribution in [3.8, 4) is 0 Å². The summed E-state index contributed by atoms with van der Waals surface area (Å²) in [5.41, 5.74) is -2.04. The van der Waals surface area contributed by atoms with Crippen molar-refractivity contribution in [3.63, 3.8) is 0 Å². The van der Waals surface area contributed by atoms with Gasteiger partial charge in [0.2, 0.25) is 0 Å². The Morgan fingerprint density at radius 1 is 1.26 bits per heavy atom. The molecule has 9 nitrogen and oxygen atoms in total. The topological polar surface area (TPSA) is 113 Å². The Kier molecular flexibility index (Phi) is 4.69. The molecular weight excluding hydrogens is 306 g/mol. The fraction of sp³-hybridized carbons (Fsp3) is 0.214. The van der Waals surface area contributed by atoms with Gasteiger partial charge in [-0.3, -0.25) is 24.3 Å². The van der Waals surface area contributed by atoms with Gasteiger partial charge in [0.25, 0.3) is 0 Å². The molecule has 0 spiro atoms. The Bertz CT molecular complexity index is 853. The van der Waals surface area contributed by atoms with Crippen molar-refractivity contribution < 1.29 is 14.5 Å². The first-order valence-electron chi connectivity index (χ1n) is 6.53. The minimum absolute atomic E-state index is 0.0297. The molecule has 2 rings (SSSR count). The smallest absolute Gasteiger partial charge is 0.350 e. The molecule has 0 amide bonds. The van der Waals surface area contributed by atoms with Crippen molar-refractivity contribution in [2.45, 2.75) is 13.1 Å². The lowest BCUT2D eigenvalue weighted by molar-refractivity contribution is -0.387. The zero-order chi connectivity index (χ0) is 17.0. The van der Waals surface area contributed by atoms with Crippen LogP contribution in [0.3, 0.4) is 0 Å². The first-order valence-corrected chi connectivity index (χ1v) is 6.53. The summed E-state index contributed by atoms with van der Waals surface area (Å²) in [5, 5.41) is 11.0. The summed E-state index contributed by atoms with van der Waals surface area (Å²) in [6.07, 6.45) is 0.880. The molecule has 0 atom stereocenters. The van der Waals surface area contributed by atoms with Gasteiger partial charge < -0.3 is 4.74 Å². The van der Waals surface area contributed by atoms with E-state index < -0.39 is 34.4 Å². The average molecular weight is 319 g/mol. The van der Waals surface area contributed by atoms with Gasteiger partial charge in [0.15, 0.2) is 0 Å². The Balaban J connectivity index is 2.58. The quantitative estimate of drug-likeness (QED) is 0.440. The fourth-order valence-corrected chi connectivity index (χ4v) is 1.99. The zero-order valence-electron chi connectivity index (χ0n) is 12.2. The van der Waals surface area contributed by atoms with Crippen molar-refractivity contribution >= 4 is 11.7 Å². The van der Waals surface area contributed by atoms with Gasteiger partial charge in [0, 0.05) is 0 Å². The molecule has 0 aliphatic carbocycles. The van der Waals surface area contributed by atoms with Crippen LogP contribution in [0.2, 0.25) is 0 Å². The molecule has 0 bridgehead atoms. The van der Waals surface area contributed by atoms with E-state index in [1.165, 1.54) is 0 Å². The Morgan fingerprint density at radius 2 is 1.91 bits per heavy atom. The molecule has 0 N–H and O–H groups in total. The van der Waals surface area contributed by atoms with Gasteiger partial charge in [-0.05, 0) is 5.56 Å². The van der Waals surface area contributed by atoms with Crippen LogP contribution >= 0.6 is 0 Å². The molecule has 120 valence electrons. The third-order valence-electron chi connectivity index (χ3n) is 3.13. The number of carbonyl (C=O) groups is 1. The number of methoxy groups -OCH3 is 1. The van der Waals surface area contributed by atoms with E-state index in [1.807, 2.05) is 0 Å². The highest BCUT2D eigenvalue weighted by molar-refractivity contribution is 5.68. The van der Waals surface area contributed by atoms with E-state index in [1.54, 1.807) is 30.3 Å². The van der Waals surface area contributed by atoms with Gasteiger partial charge in [-0.2, -0.15) is 0 Å². The van der Waals surface area contributed by atoms with E-state index in [4.69, 9.17) is 0 Å². The molecule has 9 heteroatoms. The van der Waals surface area contributed by atoms with Gasteiger partial charge in [0.1, 0.15) is 6.54 Å². The summed E-state index contributed by atoms with van der Waals surface area (Å²) in [4.78, 5) is 45.8. The minimum Gasteiger partial charge on any atom is -0.468 e. The molecule has 1 aromatic carbocycles. The van der Waals surface area contributed by atoms with E-state index in [0.29, 0.717) is 10.1 Å². The maximum absolute atomic E-state index is 12.3. The maximum atomic E-state index is 12.3. The van der Waals surface area contributed by atoms with Crippen molar-refractivity contribution in [2.75, 3.05) is 7.11 Å². The summed E-state index contributed by atoms with van der Waals surface area (Å²) < 4.78 is 5.91. The van der Waals surface area contributed by atoms with Crippen LogP contribution in [0.4, 0.5) is 5.69 Å². The molecule has 0 saturated heterocycles. The zero-order valence-corrected chi connectivity index (χ0v) is 12.2. The average Bonchev–Trinajstić information content (AvgIpc) is 2.54. The van der Waals surface area contributed by atoms with Crippen LogP contribution < -0.4 is 11.2 Å². The largest absolute Gasteiger partial charge is 0.468 e. The van der Waals surface area contributed by atoms with E-state index in [-0.39, 0.29) is 6.54 Å². The van der Waals surface area contributed by atoms with Crippen molar-refractivity contribution in [2.24, 2.45) is 0 Å². The number of aromatic nitrogens is 2. The van der Waals surface area contributed by atoms with Gasteiger partial charge in [-0.25, -0.2) is 9.36 Å². The molecule has 0 fully saturated rings. The molecule has 0 aliphatic rings. The third-order valence-corrected chi connectivity index (χ3v) is 3.13. The number of ether oxygens (including phenoxy) is 1. The normalized spacial score (nSPS) is 10.3. The van der Waals surface area contributed by atoms with Gasteiger partial charge in [-0.15, -0.1) is 0 Å². The van der Waals surface area contributed by atoms with Crippen molar-refractivity contribution in [3.05, 3.63) is 73.0 Å². The van der Waals surface area contributed by atoms with Crippen LogP contribution in [0.25, 0.3) is 0 Å². The second-order valence-corrected chi connectivity index (χ2v) is 4.63. The molecule has 0 saturated carbocycles. The lowest BCUT2D eigenvalue weighted by atomic mass is 10.2. The number of benzene rings is 1. The Hall–Kier alpha value is -3.23. The number of rotatable bonds is 5. The number of hydrogen-bond acceptors (Lipinski definition) is 6. The van der Waals surface area contributed by atoms with E-state index in [2.05, 4.69) is 4.74 Å². The lowest BCUT2D eigenvalue weighted by Crippen LogP contribution is -2.42. The first kappa shape index (κ1) is 16.1. The van der Waals surface area contributed by atoms with Crippen LogP contribution in [-0.2, 0) is 22.6 Å². The highest BCUT2D eigenvalue weighted by Gasteiger charge is 2.21. The maximum Gasteiger partial charge on any atom is 0.350 e. The number of hydrogen-bond donors (Lipinski definition) is 0. The molecule has 0 radical (unpaired) electrons. The van der Waals surface area contributed by atoms with Crippen LogP contribution in [0, 0.1) is 10.1 Å². The van der Waals surface area contributed by atoms with Crippen LogP contribution in [0.15, 0.2) is 46.1 Å². The van der Waals surface area contributed by atoms with Crippen molar-refractivity contribution in [1.29, 1.82) is 0 Å². The SMILES string of the molecule is COC(=O)Cn1c(=O)c([N+](=O)[O-])cn(Cc2ccccc2)c1=O. The monoisotopic (exact) mass is 319 g/mol. The number of carbonyl (C=O) groups excluding carboxylic acids is 1. The van der Waals surface area contributed by atoms with E-state index >= 15 is 0 Å². The molecule has 0 aliphatic heterocycles. The Morgan fingerprint density at radius 3 is 2.48 bits per heavy atom. The Labute approximate surface area is 129 Å². The first-order chi connectivity index (χ1) is 10.9. The van der Waals surface area contributed by atoms with E-state index in [9.17, 15) is 24.5 Å². The highest BCUT2D eigenvalue weighted by Crippen LogP contribution is 2.05. The van der Waals surface area contributed by atoms with Gasteiger partial charge in [0.05, 0.1) is 24.8 Å². The van der Waals surface area contributed by atoms with Crippen molar-refractivity contribution in [1.82, 2.24) is 9.13 Å². The molecule has 23 heavy (non-hydrogen) atoms. The fourth-order valence-electron chi connectivity index (χ4n) is 1.99. The summed E-state index contributed by atoms with van der Waals surface area (Å²) in [7, 11) is 1.09. The van der Waals surface area contributed by atoms with Crippen LogP contribution in [-0.4, -0.2) is 27.1 Å². The second-order valence-electron chi connectivity index (χ2n) is 4.63. The van der Waals surface area contributed by atoms with Crippen LogP contribution in [0.5, 0.6) is 0 Å². The van der Waals surface area contributed by atoms with Crippen LogP contribution in [0.1, 0.15) is 5.56 Å². The summed E-state index contributed by atoms with van der Waals surface area (Å²) in [6, 6.07) is 8.74. The third kappa shape index (κ3) is 3.51. The predicted octanol–water partition coefficient (Wildman–Crippen LogP) is 0.139. The highest BCUT2D eigenvalue weighted by atomic mass is 16.6. The van der Waals surface area contributed by atoms with Gasteiger partial charge in [-0.1, -0.05) is 30.3 Å². The summed E-state index contributed by atoms with van der Waals surface area (Å²) >= 11 is 0. The molecule has 2 aromatic rings. The number of esters is 1. The number of nitrogens with zero attached hydrogens (tertiary/aromatic N) is 3. The summed E-state index contributed by atoms with van der Waals surface area (Å²) in [5.74, 6) is -0.851. The number of nitro groups is 1. The second kappa shape index (κ2) is 6.69. The molecule has 1 aromatic heterocycles. The molecule has 1 heterocycles. The predicted molar refractivity (Wildman–Crippen MR) is 79.2 cm³/mol. The molecular formula is C14H13N3O6. The van der Waals surface area contributed by atoms with Gasteiger partial charge >= 0.3 is 22.9 Å².